The predicted molar refractivity (Wildman–Crippen MR) is 114 cm³/mol. The van der Waals surface area contributed by atoms with Gasteiger partial charge in [-0.15, -0.1) is 0 Å². The number of nitrogens with one attached hydrogen (secondary N) is 1. The molecule has 0 unspecified atom stereocenters. The van der Waals surface area contributed by atoms with Crippen molar-refractivity contribution in [1.29, 1.82) is 0 Å². The summed E-state index contributed by atoms with van der Waals surface area (Å²) in [6.07, 6.45) is 0.215. The number of methoxy groups -OCH3 is 1. The number of halogens is 3. The van der Waals surface area contributed by atoms with E-state index in [1.54, 1.807) is 7.11 Å². The average molecular weight is 473 g/mol. The second-order valence-corrected chi connectivity index (χ2v) is 8.87. The Labute approximate surface area is 191 Å². The number of ether oxygens (including phenoxy) is 2. The molecule has 1 aromatic carbocycles. The van der Waals surface area contributed by atoms with Gasteiger partial charge in [0, 0.05) is 25.0 Å². The quantitative estimate of drug-likeness (QED) is 0.661. The number of carboxylic acids is 1. The zero-order chi connectivity index (χ0) is 24.0. The lowest BCUT2D eigenvalue weighted by Gasteiger charge is -2.35. The molecule has 0 aromatic heterocycles. The van der Waals surface area contributed by atoms with Gasteiger partial charge in [-0.3, -0.25) is 9.69 Å². The summed E-state index contributed by atoms with van der Waals surface area (Å²) in [6, 6.07) is 8.73. The van der Waals surface area contributed by atoms with E-state index in [9.17, 15) is 18.0 Å². The number of amides is 1. The maximum Gasteiger partial charge on any atom is 0.490 e. The van der Waals surface area contributed by atoms with Crippen LogP contribution in [0, 0.1) is 11.8 Å². The molecule has 2 saturated heterocycles. The molecule has 0 spiro atoms. The van der Waals surface area contributed by atoms with Gasteiger partial charge in [-0.2, -0.15) is 13.2 Å². The van der Waals surface area contributed by atoms with Crippen LogP contribution in [-0.4, -0.2) is 67.0 Å². The Kier molecular flexibility index (Phi) is 8.58. The summed E-state index contributed by atoms with van der Waals surface area (Å²) in [5.41, 5.74) is 1.29. The summed E-state index contributed by atoms with van der Waals surface area (Å²) < 4.78 is 43.1. The molecule has 3 fully saturated rings. The highest BCUT2D eigenvalue weighted by Gasteiger charge is 2.41. The van der Waals surface area contributed by atoms with Crippen LogP contribution in [0.25, 0.3) is 0 Å². The van der Waals surface area contributed by atoms with Crippen molar-refractivity contribution < 1.29 is 37.3 Å². The molecule has 1 aliphatic carbocycles. The van der Waals surface area contributed by atoms with Gasteiger partial charge >= 0.3 is 12.1 Å². The molecule has 0 radical (unpaired) electrons. The summed E-state index contributed by atoms with van der Waals surface area (Å²) in [5.74, 6) is -0.578. The molecule has 2 aliphatic heterocycles. The van der Waals surface area contributed by atoms with Crippen molar-refractivity contribution in [3.05, 3.63) is 29.8 Å². The molecule has 7 nitrogen and oxygen atoms in total. The van der Waals surface area contributed by atoms with Crippen LogP contribution in [0.2, 0.25) is 0 Å². The third-order valence-electron chi connectivity index (χ3n) is 6.52. The number of likely N-dealkylation sites (tertiary alicyclic amines) is 1. The lowest BCUT2D eigenvalue weighted by molar-refractivity contribution is -0.192. The molecule has 3 atom stereocenters. The van der Waals surface area contributed by atoms with Crippen molar-refractivity contribution in [1.82, 2.24) is 10.2 Å². The van der Waals surface area contributed by atoms with Crippen molar-refractivity contribution >= 4 is 11.9 Å². The van der Waals surface area contributed by atoms with Gasteiger partial charge in [0.25, 0.3) is 0 Å². The number of hydrogen-bond acceptors (Lipinski definition) is 5. The Morgan fingerprint density at radius 3 is 2.61 bits per heavy atom. The zero-order valence-electron chi connectivity index (χ0n) is 18.6. The Morgan fingerprint density at radius 1 is 1.27 bits per heavy atom. The number of nitrogens with zero attached hydrogens (tertiary/aromatic N) is 1. The topological polar surface area (TPSA) is 88.1 Å². The van der Waals surface area contributed by atoms with Gasteiger partial charge in [0.15, 0.2) is 0 Å². The van der Waals surface area contributed by atoms with Crippen molar-refractivity contribution in [2.24, 2.45) is 11.8 Å². The zero-order valence-corrected chi connectivity index (χ0v) is 18.6. The standard InChI is InChI=1S/C21H30N2O3.C2HF3O2/c1-25-18-7-2-4-15(10-18)12-23-9-8-19-16(13-23)14-26-20(19)11-21(24)22-17-5-3-6-17;3-2(4,5)1(6)7/h2,4,7,10,16-17,19-20H,3,5-6,8-9,11-14H2,1H3,(H,22,24);(H,6,7)/t16-,19-,20+;/m1./s1. The van der Waals surface area contributed by atoms with Crippen LogP contribution >= 0.6 is 0 Å². The minimum atomic E-state index is -5.08. The van der Waals surface area contributed by atoms with Crippen molar-refractivity contribution in [3.8, 4) is 5.75 Å². The van der Waals surface area contributed by atoms with E-state index in [2.05, 4.69) is 28.4 Å². The molecule has 3 aliphatic rings. The Balaban J connectivity index is 0.000000383. The monoisotopic (exact) mass is 472 g/mol. The van der Waals surface area contributed by atoms with Crippen molar-refractivity contribution in [3.63, 3.8) is 0 Å². The fraction of sp³-hybridized carbons (Fsp3) is 0.652. The SMILES string of the molecule is COc1cccc(CN2CC[C@@H]3[C@@H](CO[C@H]3CC(=O)NC3CCC3)C2)c1.O=C(O)C(F)(F)F. The number of piperidine rings is 1. The molecule has 1 amide bonds. The third kappa shape index (κ3) is 7.33. The van der Waals surface area contributed by atoms with Crippen LogP contribution in [0.1, 0.15) is 37.7 Å². The molecule has 1 aromatic rings. The first-order chi connectivity index (χ1) is 15.7. The third-order valence-corrected chi connectivity index (χ3v) is 6.52. The second-order valence-electron chi connectivity index (χ2n) is 8.87. The smallest absolute Gasteiger partial charge is 0.490 e. The maximum atomic E-state index is 12.2. The number of fused-ring (bicyclic) bond motifs is 1. The van der Waals surface area contributed by atoms with Gasteiger partial charge in [0.1, 0.15) is 5.75 Å². The number of aliphatic carboxylic acids is 1. The van der Waals surface area contributed by atoms with E-state index < -0.39 is 12.1 Å². The van der Waals surface area contributed by atoms with Gasteiger partial charge in [-0.05, 0) is 55.8 Å². The number of alkyl halides is 3. The average Bonchev–Trinajstić information content (AvgIpc) is 3.12. The fourth-order valence-corrected chi connectivity index (χ4v) is 4.57. The molecule has 10 heteroatoms. The number of hydrogen-bond donors (Lipinski definition) is 2. The summed E-state index contributed by atoms with van der Waals surface area (Å²) in [5, 5.41) is 10.3. The number of carbonyl (C=O) groups is 2. The first-order valence-corrected chi connectivity index (χ1v) is 11.2. The highest BCUT2D eigenvalue weighted by molar-refractivity contribution is 5.77. The van der Waals surface area contributed by atoms with Crippen LogP contribution in [0.3, 0.4) is 0 Å². The number of rotatable bonds is 6. The van der Waals surface area contributed by atoms with Crippen LogP contribution < -0.4 is 10.1 Å². The largest absolute Gasteiger partial charge is 0.497 e. The van der Waals surface area contributed by atoms with Crippen LogP contribution in [0.15, 0.2) is 24.3 Å². The molecule has 1 saturated carbocycles. The van der Waals surface area contributed by atoms with E-state index in [1.807, 2.05) is 6.07 Å². The number of carboxylic acid groups (broad SMARTS) is 1. The van der Waals surface area contributed by atoms with Crippen molar-refractivity contribution in [2.75, 3.05) is 26.8 Å². The van der Waals surface area contributed by atoms with Gasteiger partial charge in [-0.25, -0.2) is 4.79 Å². The van der Waals surface area contributed by atoms with E-state index >= 15 is 0 Å². The van der Waals surface area contributed by atoms with Crippen LogP contribution in [-0.2, 0) is 20.9 Å². The summed E-state index contributed by atoms with van der Waals surface area (Å²) >= 11 is 0. The molecule has 184 valence electrons. The molecule has 0 bridgehead atoms. The van der Waals surface area contributed by atoms with E-state index in [0.717, 1.165) is 51.3 Å². The van der Waals surface area contributed by atoms with Gasteiger partial charge in [0.2, 0.25) is 5.91 Å². The first kappa shape index (κ1) is 25.3. The van der Waals surface area contributed by atoms with Gasteiger partial charge in [0.05, 0.1) is 26.2 Å². The van der Waals surface area contributed by atoms with E-state index in [-0.39, 0.29) is 12.0 Å². The Morgan fingerprint density at radius 2 is 2.00 bits per heavy atom. The van der Waals surface area contributed by atoms with Gasteiger partial charge < -0.3 is 19.9 Å². The van der Waals surface area contributed by atoms with Crippen LogP contribution in [0.5, 0.6) is 5.75 Å². The lowest BCUT2D eigenvalue weighted by Crippen LogP contribution is -2.43. The molecule has 33 heavy (non-hydrogen) atoms. The maximum absolute atomic E-state index is 12.2. The van der Waals surface area contributed by atoms with Gasteiger partial charge in [-0.1, -0.05) is 12.1 Å². The highest BCUT2D eigenvalue weighted by Crippen LogP contribution is 2.36. The van der Waals surface area contributed by atoms with E-state index in [0.29, 0.717) is 24.3 Å². The summed E-state index contributed by atoms with van der Waals surface area (Å²) in [4.78, 5) is 23.6. The number of carbonyl (C=O) groups excluding carboxylic acids is 1. The van der Waals surface area contributed by atoms with Crippen molar-refractivity contribution in [2.45, 2.75) is 57.0 Å². The number of benzene rings is 1. The molecule has 2 N–H and O–H groups in total. The highest BCUT2D eigenvalue weighted by atomic mass is 19.4. The normalized spacial score (nSPS) is 25.3. The molecule has 4 rings (SSSR count). The molecular formula is C23H31F3N2O5. The molecular weight excluding hydrogens is 441 g/mol. The minimum Gasteiger partial charge on any atom is -0.497 e. The first-order valence-electron chi connectivity index (χ1n) is 11.2. The van der Waals surface area contributed by atoms with E-state index in [1.165, 1.54) is 12.0 Å². The summed E-state index contributed by atoms with van der Waals surface area (Å²) in [7, 11) is 1.71. The summed E-state index contributed by atoms with van der Waals surface area (Å²) in [6.45, 7) is 3.87. The van der Waals surface area contributed by atoms with Crippen LogP contribution in [0.4, 0.5) is 13.2 Å². The lowest BCUT2D eigenvalue weighted by atomic mass is 9.83. The molecule has 2 heterocycles. The van der Waals surface area contributed by atoms with E-state index in [4.69, 9.17) is 19.4 Å². The fourth-order valence-electron chi connectivity index (χ4n) is 4.57. The second kappa shape index (κ2) is 11.2. The minimum absolute atomic E-state index is 0.110. The Bertz CT molecular complexity index is 816. The Hall–Kier alpha value is -2.33. The predicted octanol–water partition coefficient (Wildman–Crippen LogP) is 3.22.